The smallest absolute Gasteiger partial charge is 0.407 e. The first-order valence-electron chi connectivity index (χ1n) is 6.33. The summed E-state index contributed by atoms with van der Waals surface area (Å²) in [4.78, 5) is 11.6. The molecule has 2 atom stereocenters. The van der Waals surface area contributed by atoms with Gasteiger partial charge in [-0.15, -0.1) is 0 Å². The van der Waals surface area contributed by atoms with Gasteiger partial charge in [-0.2, -0.15) is 0 Å². The van der Waals surface area contributed by atoms with Gasteiger partial charge in [-0.05, 0) is 25.3 Å². The SMILES string of the molecule is C[C@@H]1CC[C@@H](NC(=O)OCc2ccccc2)CO1. The maximum Gasteiger partial charge on any atom is 0.407 e. The number of nitrogens with one attached hydrogen (secondary N) is 1. The summed E-state index contributed by atoms with van der Waals surface area (Å²) in [6, 6.07) is 9.71. The Balaban J connectivity index is 1.69. The van der Waals surface area contributed by atoms with Crippen molar-refractivity contribution >= 4 is 6.09 Å². The van der Waals surface area contributed by atoms with Crippen molar-refractivity contribution in [3.8, 4) is 0 Å². The minimum absolute atomic E-state index is 0.0736. The van der Waals surface area contributed by atoms with E-state index in [1.54, 1.807) is 0 Å². The predicted octanol–water partition coefficient (Wildman–Crippen LogP) is 2.48. The van der Waals surface area contributed by atoms with Crippen LogP contribution >= 0.6 is 0 Å². The maximum absolute atomic E-state index is 11.6. The minimum Gasteiger partial charge on any atom is -0.445 e. The largest absolute Gasteiger partial charge is 0.445 e. The third-order valence-electron chi connectivity index (χ3n) is 3.04. The van der Waals surface area contributed by atoms with Crippen LogP contribution in [0.3, 0.4) is 0 Å². The molecule has 1 aromatic carbocycles. The second kappa shape index (κ2) is 6.40. The monoisotopic (exact) mass is 249 g/mol. The lowest BCUT2D eigenvalue weighted by atomic mass is 10.1. The zero-order valence-electron chi connectivity index (χ0n) is 10.6. The Morgan fingerprint density at radius 3 is 2.83 bits per heavy atom. The van der Waals surface area contributed by atoms with Crippen LogP contribution in [0.1, 0.15) is 25.3 Å². The molecule has 18 heavy (non-hydrogen) atoms. The molecule has 0 radical (unpaired) electrons. The van der Waals surface area contributed by atoms with Crippen molar-refractivity contribution in [2.45, 2.75) is 38.5 Å². The van der Waals surface area contributed by atoms with Gasteiger partial charge in [0.1, 0.15) is 6.61 Å². The summed E-state index contributed by atoms with van der Waals surface area (Å²) >= 11 is 0. The Hall–Kier alpha value is -1.55. The highest BCUT2D eigenvalue weighted by Crippen LogP contribution is 2.12. The Morgan fingerprint density at radius 1 is 1.39 bits per heavy atom. The normalized spacial score (nSPS) is 23.4. The summed E-state index contributed by atoms with van der Waals surface area (Å²) < 4.78 is 10.6. The summed E-state index contributed by atoms with van der Waals surface area (Å²) in [5.74, 6) is 0. The molecule has 1 heterocycles. The van der Waals surface area contributed by atoms with Gasteiger partial charge in [-0.1, -0.05) is 30.3 Å². The molecule has 1 aliphatic heterocycles. The summed E-state index contributed by atoms with van der Waals surface area (Å²) in [5, 5.41) is 2.82. The number of carbonyl (C=O) groups excluding carboxylic acids is 1. The van der Waals surface area contributed by atoms with E-state index < -0.39 is 0 Å². The van der Waals surface area contributed by atoms with Crippen LogP contribution in [0.4, 0.5) is 4.79 Å². The van der Waals surface area contributed by atoms with Crippen LogP contribution in [0.2, 0.25) is 0 Å². The van der Waals surface area contributed by atoms with Gasteiger partial charge in [-0.25, -0.2) is 4.79 Å². The van der Waals surface area contributed by atoms with Crippen molar-refractivity contribution in [3.63, 3.8) is 0 Å². The second-order valence-corrected chi connectivity index (χ2v) is 4.62. The van der Waals surface area contributed by atoms with Crippen molar-refractivity contribution in [2.75, 3.05) is 6.61 Å². The molecule has 1 fully saturated rings. The van der Waals surface area contributed by atoms with Crippen LogP contribution in [0, 0.1) is 0 Å². The minimum atomic E-state index is -0.373. The Labute approximate surface area is 107 Å². The van der Waals surface area contributed by atoms with Gasteiger partial charge in [0.15, 0.2) is 0 Å². The summed E-state index contributed by atoms with van der Waals surface area (Å²) in [5.41, 5.74) is 0.987. The fraction of sp³-hybridized carbons (Fsp3) is 0.500. The molecule has 0 saturated carbocycles. The van der Waals surface area contributed by atoms with E-state index in [9.17, 15) is 4.79 Å². The number of hydrogen-bond donors (Lipinski definition) is 1. The van der Waals surface area contributed by atoms with Crippen LogP contribution < -0.4 is 5.32 Å². The van der Waals surface area contributed by atoms with E-state index in [-0.39, 0.29) is 12.1 Å². The number of ether oxygens (including phenoxy) is 2. The van der Waals surface area contributed by atoms with Gasteiger partial charge >= 0.3 is 6.09 Å². The zero-order chi connectivity index (χ0) is 12.8. The highest BCUT2D eigenvalue weighted by Gasteiger charge is 2.20. The van der Waals surface area contributed by atoms with E-state index in [2.05, 4.69) is 5.32 Å². The molecule has 4 nitrogen and oxygen atoms in total. The number of carbonyl (C=O) groups is 1. The second-order valence-electron chi connectivity index (χ2n) is 4.62. The van der Waals surface area contributed by atoms with Crippen LogP contribution in [0.15, 0.2) is 30.3 Å². The number of hydrogen-bond acceptors (Lipinski definition) is 3. The average Bonchev–Trinajstić information content (AvgIpc) is 2.40. The van der Waals surface area contributed by atoms with E-state index in [0.29, 0.717) is 19.3 Å². The molecule has 0 aromatic heterocycles. The Kier molecular flexibility index (Phi) is 4.59. The quantitative estimate of drug-likeness (QED) is 0.895. The zero-order valence-corrected chi connectivity index (χ0v) is 10.6. The average molecular weight is 249 g/mol. The molecule has 1 aromatic rings. The van der Waals surface area contributed by atoms with Crippen LogP contribution in [0.25, 0.3) is 0 Å². The summed E-state index contributed by atoms with van der Waals surface area (Å²) in [6.07, 6.45) is 1.84. The molecular formula is C14H19NO3. The Morgan fingerprint density at radius 2 is 2.17 bits per heavy atom. The molecule has 0 unspecified atom stereocenters. The fourth-order valence-corrected chi connectivity index (χ4v) is 1.93. The summed E-state index contributed by atoms with van der Waals surface area (Å²) in [7, 11) is 0. The van der Waals surface area contributed by atoms with Crippen LogP contribution in [-0.2, 0) is 16.1 Å². The molecule has 98 valence electrons. The van der Waals surface area contributed by atoms with Gasteiger partial charge in [0.05, 0.1) is 18.8 Å². The first-order chi connectivity index (χ1) is 8.74. The highest BCUT2D eigenvalue weighted by molar-refractivity contribution is 5.67. The van der Waals surface area contributed by atoms with Gasteiger partial charge < -0.3 is 14.8 Å². The van der Waals surface area contributed by atoms with Crippen LogP contribution in [-0.4, -0.2) is 24.8 Å². The molecule has 1 N–H and O–H groups in total. The molecule has 0 aliphatic carbocycles. The number of amides is 1. The van der Waals surface area contributed by atoms with E-state index in [0.717, 1.165) is 18.4 Å². The van der Waals surface area contributed by atoms with Gasteiger partial charge in [0.2, 0.25) is 0 Å². The van der Waals surface area contributed by atoms with Crippen molar-refractivity contribution < 1.29 is 14.3 Å². The first kappa shape index (κ1) is 12.9. The molecule has 1 amide bonds. The summed E-state index contributed by atoms with van der Waals surface area (Å²) in [6.45, 7) is 2.92. The van der Waals surface area contributed by atoms with Crippen molar-refractivity contribution in [1.82, 2.24) is 5.32 Å². The molecule has 0 spiro atoms. The van der Waals surface area contributed by atoms with Crippen molar-refractivity contribution in [1.29, 1.82) is 0 Å². The predicted molar refractivity (Wildman–Crippen MR) is 68.2 cm³/mol. The van der Waals surface area contributed by atoms with Crippen molar-refractivity contribution in [3.05, 3.63) is 35.9 Å². The lowest BCUT2D eigenvalue weighted by molar-refractivity contribution is 0.00769. The standard InChI is InChI=1S/C14H19NO3/c1-11-7-8-13(10-17-11)15-14(16)18-9-12-5-3-2-4-6-12/h2-6,11,13H,7-10H2,1H3,(H,15,16)/t11-,13-/m1/s1. The van der Waals surface area contributed by atoms with E-state index in [4.69, 9.17) is 9.47 Å². The van der Waals surface area contributed by atoms with E-state index in [1.807, 2.05) is 37.3 Å². The molecule has 1 aliphatic rings. The fourth-order valence-electron chi connectivity index (χ4n) is 1.93. The number of benzene rings is 1. The topological polar surface area (TPSA) is 47.6 Å². The third-order valence-corrected chi connectivity index (χ3v) is 3.04. The van der Waals surface area contributed by atoms with Gasteiger partial charge in [0.25, 0.3) is 0 Å². The van der Waals surface area contributed by atoms with E-state index >= 15 is 0 Å². The van der Waals surface area contributed by atoms with Gasteiger partial charge in [-0.3, -0.25) is 0 Å². The number of alkyl carbamates (subject to hydrolysis) is 1. The van der Waals surface area contributed by atoms with Crippen LogP contribution in [0.5, 0.6) is 0 Å². The molecule has 1 saturated heterocycles. The molecular weight excluding hydrogens is 230 g/mol. The van der Waals surface area contributed by atoms with Crippen molar-refractivity contribution in [2.24, 2.45) is 0 Å². The number of rotatable bonds is 3. The molecule has 2 rings (SSSR count). The molecule has 0 bridgehead atoms. The van der Waals surface area contributed by atoms with Gasteiger partial charge in [0, 0.05) is 0 Å². The third kappa shape index (κ3) is 4.04. The molecule has 4 heteroatoms. The lowest BCUT2D eigenvalue weighted by Crippen LogP contribution is -2.42. The first-order valence-corrected chi connectivity index (χ1v) is 6.33. The highest BCUT2D eigenvalue weighted by atomic mass is 16.5. The van der Waals surface area contributed by atoms with E-state index in [1.165, 1.54) is 0 Å². The lowest BCUT2D eigenvalue weighted by Gasteiger charge is -2.27. The maximum atomic E-state index is 11.6. The Bertz CT molecular complexity index is 372.